The van der Waals surface area contributed by atoms with E-state index in [-0.39, 0.29) is 10.8 Å². The van der Waals surface area contributed by atoms with Gasteiger partial charge in [0.2, 0.25) is 10.0 Å². The number of likely N-dealkylation sites (N-methyl/N-ethyl adjacent to an activating group) is 1. The van der Waals surface area contributed by atoms with Crippen molar-refractivity contribution in [3.8, 4) is 0 Å². The lowest BCUT2D eigenvalue weighted by Gasteiger charge is -2.25. The molecule has 2 aromatic carbocycles. The van der Waals surface area contributed by atoms with Crippen LogP contribution in [-0.2, 0) is 10.0 Å². The van der Waals surface area contributed by atoms with Crippen molar-refractivity contribution in [3.63, 3.8) is 0 Å². The Morgan fingerprint density at radius 3 is 2.11 bits per heavy atom. The van der Waals surface area contributed by atoms with Gasteiger partial charge in [0.25, 0.3) is 5.91 Å². The van der Waals surface area contributed by atoms with Crippen molar-refractivity contribution in [1.82, 2.24) is 14.2 Å². The smallest absolute Gasteiger partial charge is 0.260 e. The van der Waals surface area contributed by atoms with Gasteiger partial charge in [-0.2, -0.15) is 4.31 Å². The van der Waals surface area contributed by atoms with Crippen LogP contribution in [0.3, 0.4) is 0 Å². The lowest BCUT2D eigenvalue weighted by atomic mass is 10.2. The molecule has 1 aromatic heterocycles. The van der Waals surface area contributed by atoms with Crippen molar-refractivity contribution < 1.29 is 13.2 Å². The zero-order valence-electron chi connectivity index (χ0n) is 21.4. The number of halogens is 1. The summed E-state index contributed by atoms with van der Waals surface area (Å²) in [5.74, 6) is -0.222. The molecule has 36 heavy (non-hydrogen) atoms. The number of sulfonamides is 1. The standard InChI is InChI=1S/C26H35ClN4O3S2/c1-5-16-30(17-6-2)36(33,34)21-14-12-20(13-15-21)25(32)31(19-18-29(7-3)8-4)26-28-24-22(27)10-9-11-23(24)35-26/h9-15H,5-8,16-19H2,1-4H3. The van der Waals surface area contributed by atoms with Crippen LogP contribution >= 0.6 is 22.9 Å². The van der Waals surface area contributed by atoms with Gasteiger partial charge in [0.05, 0.1) is 14.6 Å². The molecule has 0 spiro atoms. The molecular formula is C26H35ClN4O3S2. The molecule has 1 heterocycles. The average Bonchev–Trinajstić information content (AvgIpc) is 3.31. The summed E-state index contributed by atoms with van der Waals surface area (Å²) in [6, 6.07) is 11.8. The molecule has 1 amide bonds. The highest BCUT2D eigenvalue weighted by atomic mass is 35.5. The van der Waals surface area contributed by atoms with Crippen LogP contribution in [0.25, 0.3) is 10.2 Å². The van der Waals surface area contributed by atoms with Crippen LogP contribution < -0.4 is 4.90 Å². The van der Waals surface area contributed by atoms with E-state index in [0.717, 1.165) is 30.6 Å². The Hall–Kier alpha value is -2.04. The van der Waals surface area contributed by atoms with Gasteiger partial charge in [0.1, 0.15) is 5.52 Å². The molecular weight excluding hydrogens is 516 g/mol. The van der Waals surface area contributed by atoms with E-state index in [1.807, 2.05) is 26.0 Å². The first-order chi connectivity index (χ1) is 17.3. The van der Waals surface area contributed by atoms with Crippen molar-refractivity contribution in [1.29, 1.82) is 0 Å². The molecule has 0 unspecified atom stereocenters. The summed E-state index contributed by atoms with van der Waals surface area (Å²) < 4.78 is 28.7. The number of benzene rings is 2. The molecule has 0 aliphatic carbocycles. The minimum absolute atomic E-state index is 0.197. The minimum atomic E-state index is -3.61. The molecule has 0 atom stereocenters. The van der Waals surface area contributed by atoms with E-state index >= 15 is 0 Å². The van der Waals surface area contributed by atoms with E-state index in [1.165, 1.54) is 27.8 Å². The Bertz CT molecular complexity index is 1250. The summed E-state index contributed by atoms with van der Waals surface area (Å²) in [4.78, 5) is 22.5. The maximum atomic E-state index is 13.7. The number of anilines is 1. The quantitative estimate of drug-likeness (QED) is 0.271. The number of carbonyl (C=O) groups is 1. The Labute approximate surface area is 223 Å². The van der Waals surface area contributed by atoms with Crippen molar-refractivity contribution in [2.45, 2.75) is 45.4 Å². The highest BCUT2D eigenvalue weighted by Crippen LogP contribution is 2.33. The van der Waals surface area contributed by atoms with E-state index in [4.69, 9.17) is 11.6 Å². The van der Waals surface area contributed by atoms with Crippen LogP contribution in [0, 0.1) is 0 Å². The van der Waals surface area contributed by atoms with E-state index in [1.54, 1.807) is 23.1 Å². The fourth-order valence-electron chi connectivity index (χ4n) is 4.01. The number of carbonyl (C=O) groups excluding carboxylic acids is 1. The van der Waals surface area contributed by atoms with Crippen molar-refractivity contribution in [2.75, 3.05) is 44.2 Å². The molecule has 0 saturated heterocycles. The zero-order valence-corrected chi connectivity index (χ0v) is 23.8. The molecule has 0 aliphatic rings. The highest BCUT2D eigenvalue weighted by Gasteiger charge is 2.26. The molecule has 0 N–H and O–H groups in total. The summed E-state index contributed by atoms with van der Waals surface area (Å²) in [5, 5.41) is 1.12. The topological polar surface area (TPSA) is 73.8 Å². The van der Waals surface area contributed by atoms with Crippen LogP contribution in [0.2, 0.25) is 5.02 Å². The second-order valence-electron chi connectivity index (χ2n) is 8.50. The molecule has 7 nitrogen and oxygen atoms in total. The van der Waals surface area contributed by atoms with Gasteiger partial charge in [-0.1, -0.05) is 56.7 Å². The molecule has 3 rings (SSSR count). The van der Waals surface area contributed by atoms with Crippen molar-refractivity contribution in [2.24, 2.45) is 0 Å². The number of hydrogen-bond acceptors (Lipinski definition) is 6. The van der Waals surface area contributed by atoms with Gasteiger partial charge in [-0.3, -0.25) is 9.69 Å². The molecule has 0 fully saturated rings. The fourth-order valence-corrected chi connectivity index (χ4v) is 6.92. The second kappa shape index (κ2) is 13.0. The third-order valence-electron chi connectivity index (χ3n) is 6.05. The van der Waals surface area contributed by atoms with E-state index < -0.39 is 10.0 Å². The third-order valence-corrected chi connectivity index (χ3v) is 9.32. The average molecular weight is 551 g/mol. The zero-order chi connectivity index (χ0) is 26.3. The normalized spacial score (nSPS) is 12.1. The van der Waals surface area contributed by atoms with Gasteiger partial charge in [-0.05, 0) is 62.3 Å². The van der Waals surface area contributed by atoms with Gasteiger partial charge in [0, 0.05) is 31.7 Å². The first kappa shape index (κ1) is 28.5. The summed E-state index contributed by atoms with van der Waals surface area (Å²) in [7, 11) is -3.61. The lowest BCUT2D eigenvalue weighted by Crippen LogP contribution is -2.39. The third kappa shape index (κ3) is 6.44. The van der Waals surface area contributed by atoms with Gasteiger partial charge in [-0.15, -0.1) is 0 Å². The first-order valence-electron chi connectivity index (χ1n) is 12.5. The Balaban J connectivity index is 1.93. The number of aromatic nitrogens is 1. The first-order valence-corrected chi connectivity index (χ1v) is 15.1. The maximum Gasteiger partial charge on any atom is 0.260 e. The van der Waals surface area contributed by atoms with E-state index in [0.29, 0.717) is 47.4 Å². The second-order valence-corrected chi connectivity index (χ2v) is 11.8. The van der Waals surface area contributed by atoms with Gasteiger partial charge >= 0.3 is 0 Å². The Morgan fingerprint density at radius 2 is 1.56 bits per heavy atom. The summed E-state index contributed by atoms with van der Waals surface area (Å²) in [5.41, 5.74) is 1.09. The number of nitrogens with zero attached hydrogens (tertiary/aromatic N) is 4. The van der Waals surface area contributed by atoms with Crippen LogP contribution in [0.1, 0.15) is 50.9 Å². The number of hydrogen-bond donors (Lipinski definition) is 0. The number of para-hydroxylation sites is 1. The maximum absolute atomic E-state index is 13.7. The van der Waals surface area contributed by atoms with E-state index in [9.17, 15) is 13.2 Å². The highest BCUT2D eigenvalue weighted by molar-refractivity contribution is 7.89. The summed E-state index contributed by atoms with van der Waals surface area (Å²) in [6.45, 7) is 11.9. The van der Waals surface area contributed by atoms with Crippen molar-refractivity contribution >= 4 is 54.2 Å². The van der Waals surface area contributed by atoms with Gasteiger partial charge < -0.3 is 4.90 Å². The number of fused-ring (bicyclic) bond motifs is 1. The molecule has 0 aliphatic heterocycles. The molecule has 0 bridgehead atoms. The van der Waals surface area contributed by atoms with Gasteiger partial charge in [0.15, 0.2) is 5.13 Å². The van der Waals surface area contributed by atoms with Crippen LogP contribution in [0.5, 0.6) is 0 Å². The Kier molecular flexibility index (Phi) is 10.3. The summed E-state index contributed by atoms with van der Waals surface area (Å²) in [6.07, 6.45) is 1.48. The molecule has 0 radical (unpaired) electrons. The van der Waals surface area contributed by atoms with Crippen LogP contribution in [-0.4, -0.2) is 67.8 Å². The monoisotopic (exact) mass is 550 g/mol. The Morgan fingerprint density at radius 1 is 0.917 bits per heavy atom. The predicted octanol–water partition coefficient (Wildman–Crippen LogP) is 5.75. The molecule has 10 heteroatoms. The number of amides is 1. The van der Waals surface area contributed by atoms with Crippen molar-refractivity contribution in [3.05, 3.63) is 53.1 Å². The minimum Gasteiger partial charge on any atom is -0.302 e. The molecule has 3 aromatic rings. The van der Waals surface area contributed by atoms with Crippen LogP contribution in [0.15, 0.2) is 47.4 Å². The SMILES string of the molecule is CCCN(CCC)S(=O)(=O)c1ccc(C(=O)N(CCN(CC)CC)c2nc3c(Cl)cccc3s2)cc1. The predicted molar refractivity (Wildman–Crippen MR) is 150 cm³/mol. The summed E-state index contributed by atoms with van der Waals surface area (Å²) >= 11 is 7.77. The van der Waals surface area contributed by atoms with E-state index in [2.05, 4.69) is 23.7 Å². The van der Waals surface area contributed by atoms with Gasteiger partial charge in [-0.25, -0.2) is 13.4 Å². The number of thiazole rings is 1. The molecule has 0 saturated carbocycles. The molecule has 196 valence electrons. The largest absolute Gasteiger partial charge is 0.302 e. The lowest BCUT2D eigenvalue weighted by molar-refractivity contribution is 0.0983. The van der Waals surface area contributed by atoms with Crippen LogP contribution in [0.4, 0.5) is 5.13 Å². The number of rotatable bonds is 13. The fraction of sp³-hybridized carbons (Fsp3) is 0.462.